The van der Waals surface area contributed by atoms with E-state index in [0.29, 0.717) is 53.9 Å². The van der Waals surface area contributed by atoms with Crippen LogP contribution in [0, 0.1) is 11.8 Å². The van der Waals surface area contributed by atoms with Crippen molar-refractivity contribution >= 4 is 35.8 Å². The molecule has 36 heavy (non-hydrogen) atoms. The molecule has 3 atom stereocenters. The van der Waals surface area contributed by atoms with Crippen molar-refractivity contribution in [1.82, 2.24) is 0 Å². The van der Waals surface area contributed by atoms with E-state index < -0.39 is 13.7 Å². The first-order valence-electron chi connectivity index (χ1n) is 12.5. The third-order valence-corrected chi connectivity index (χ3v) is 9.82. The van der Waals surface area contributed by atoms with Crippen molar-refractivity contribution in [3.63, 3.8) is 0 Å². The van der Waals surface area contributed by atoms with Gasteiger partial charge in [-0.05, 0) is 49.8 Å². The van der Waals surface area contributed by atoms with Gasteiger partial charge in [-0.2, -0.15) is 0 Å². The Morgan fingerprint density at radius 3 is 2.14 bits per heavy atom. The zero-order chi connectivity index (χ0) is 26.6. The Hall–Kier alpha value is -2.74. The number of hydrogen-bond acceptors (Lipinski definition) is 7. The molecule has 0 radical (unpaired) electrons. The number of carbonyl (C=O) groups excluding carboxylic acids is 2. The van der Waals surface area contributed by atoms with Gasteiger partial charge in [0, 0.05) is 18.4 Å². The van der Waals surface area contributed by atoms with E-state index >= 15 is 0 Å². The highest BCUT2D eigenvalue weighted by Gasteiger charge is 2.48. The maximum absolute atomic E-state index is 14.0. The van der Waals surface area contributed by atoms with Crippen LogP contribution < -0.4 is 24.1 Å². The van der Waals surface area contributed by atoms with Crippen LogP contribution in [0.2, 0.25) is 19.6 Å². The molecule has 0 aliphatic heterocycles. The van der Waals surface area contributed by atoms with Crippen molar-refractivity contribution in [1.29, 1.82) is 0 Å². The number of hydrogen-bond donors (Lipinski definition) is 0. The van der Waals surface area contributed by atoms with Gasteiger partial charge in [-0.15, -0.1) is 0 Å². The van der Waals surface area contributed by atoms with Crippen molar-refractivity contribution in [2.24, 2.45) is 11.8 Å². The standard InChI is InChI=1S/C28H38O7Si/c1-15(29)35-28(2)11-10-17-16(14-28)12-18-21(24(17)30)27(34-6)22-19(31-3)13-20(36(7,8)9)26(33-5)23(22)25(18)32-4/h13,16-17H,10-12,14H2,1-9H3/t16-,17-,28+/m1/s1. The fraction of sp³-hybridized carbons (Fsp3) is 0.571. The molecule has 8 heteroatoms. The molecule has 0 bridgehead atoms. The van der Waals surface area contributed by atoms with Crippen LogP contribution in [-0.4, -0.2) is 53.9 Å². The topological polar surface area (TPSA) is 80.3 Å². The van der Waals surface area contributed by atoms with Crippen LogP contribution in [0.5, 0.6) is 23.0 Å². The average molecular weight is 515 g/mol. The molecule has 2 aliphatic carbocycles. The van der Waals surface area contributed by atoms with Crippen molar-refractivity contribution in [2.45, 2.75) is 64.8 Å². The minimum absolute atomic E-state index is 0.0345. The summed E-state index contributed by atoms with van der Waals surface area (Å²) in [5.74, 6) is 2.15. The van der Waals surface area contributed by atoms with Crippen molar-refractivity contribution in [2.75, 3.05) is 28.4 Å². The smallest absolute Gasteiger partial charge is 0.303 e. The maximum Gasteiger partial charge on any atom is 0.303 e. The Balaban J connectivity index is 2.04. The number of ketones is 1. The van der Waals surface area contributed by atoms with Gasteiger partial charge in [0.05, 0.1) is 52.8 Å². The minimum atomic E-state index is -1.86. The number of fused-ring (bicyclic) bond motifs is 3. The summed E-state index contributed by atoms with van der Waals surface area (Å²) in [6.07, 6.45) is 2.56. The third-order valence-electron chi connectivity index (χ3n) is 7.83. The van der Waals surface area contributed by atoms with Crippen LogP contribution in [0.25, 0.3) is 10.8 Å². The molecule has 0 spiro atoms. The molecule has 2 aromatic carbocycles. The lowest BCUT2D eigenvalue weighted by Crippen LogP contribution is -2.45. The van der Waals surface area contributed by atoms with E-state index in [1.165, 1.54) is 6.92 Å². The molecule has 0 amide bonds. The molecule has 1 fully saturated rings. The zero-order valence-electron chi connectivity index (χ0n) is 22.9. The van der Waals surface area contributed by atoms with Crippen LogP contribution in [0.1, 0.15) is 49.0 Å². The lowest BCUT2D eigenvalue weighted by Gasteiger charge is -2.44. The Labute approximate surface area is 214 Å². The van der Waals surface area contributed by atoms with E-state index in [1.807, 2.05) is 13.0 Å². The number of Topliss-reactive ketones (excluding diaryl/α,β-unsaturated/α-hetero) is 1. The first-order valence-corrected chi connectivity index (χ1v) is 16.0. The molecule has 2 aliphatic rings. The highest BCUT2D eigenvalue weighted by atomic mass is 28.3. The summed E-state index contributed by atoms with van der Waals surface area (Å²) < 4.78 is 29.6. The largest absolute Gasteiger partial charge is 0.496 e. The molecule has 1 saturated carbocycles. The van der Waals surface area contributed by atoms with Gasteiger partial charge in [-0.1, -0.05) is 19.6 Å². The molecular formula is C28H38O7Si. The molecule has 0 unspecified atom stereocenters. The molecular weight excluding hydrogens is 476 g/mol. The van der Waals surface area contributed by atoms with Crippen LogP contribution in [-0.2, 0) is 16.0 Å². The Morgan fingerprint density at radius 1 is 0.972 bits per heavy atom. The molecule has 0 heterocycles. The first-order chi connectivity index (χ1) is 16.9. The average Bonchev–Trinajstić information content (AvgIpc) is 2.80. The van der Waals surface area contributed by atoms with E-state index in [0.717, 1.165) is 21.9 Å². The molecule has 0 N–H and O–H groups in total. The summed E-state index contributed by atoms with van der Waals surface area (Å²) in [6, 6.07) is 2.03. The van der Waals surface area contributed by atoms with Crippen LogP contribution in [0.15, 0.2) is 6.07 Å². The summed E-state index contributed by atoms with van der Waals surface area (Å²) in [5, 5.41) is 2.58. The number of esters is 1. The number of carbonyl (C=O) groups is 2. The van der Waals surface area contributed by atoms with Crippen LogP contribution in [0.4, 0.5) is 0 Å². The number of methoxy groups -OCH3 is 4. The van der Waals surface area contributed by atoms with Crippen molar-refractivity contribution < 1.29 is 33.3 Å². The molecule has 2 aromatic rings. The van der Waals surface area contributed by atoms with Gasteiger partial charge in [0.2, 0.25) is 0 Å². The predicted molar refractivity (Wildman–Crippen MR) is 142 cm³/mol. The quantitative estimate of drug-likeness (QED) is 0.401. The van der Waals surface area contributed by atoms with E-state index in [4.69, 9.17) is 23.7 Å². The summed E-state index contributed by atoms with van der Waals surface area (Å²) >= 11 is 0. The van der Waals surface area contributed by atoms with Crippen molar-refractivity contribution in [3.8, 4) is 23.0 Å². The Morgan fingerprint density at radius 2 is 1.61 bits per heavy atom. The monoisotopic (exact) mass is 514 g/mol. The second-order valence-electron chi connectivity index (χ2n) is 11.3. The van der Waals surface area contributed by atoms with Gasteiger partial charge in [-0.25, -0.2) is 0 Å². The van der Waals surface area contributed by atoms with E-state index in [1.54, 1.807) is 28.4 Å². The van der Waals surface area contributed by atoms with Gasteiger partial charge in [-0.3, -0.25) is 9.59 Å². The van der Waals surface area contributed by atoms with E-state index in [2.05, 4.69) is 19.6 Å². The molecule has 0 saturated heterocycles. The third kappa shape index (κ3) is 4.13. The fourth-order valence-electron chi connectivity index (χ4n) is 6.37. The van der Waals surface area contributed by atoms with Gasteiger partial charge in [0.15, 0.2) is 5.78 Å². The van der Waals surface area contributed by atoms with Gasteiger partial charge >= 0.3 is 5.97 Å². The lowest BCUT2D eigenvalue weighted by molar-refractivity contribution is -0.161. The molecule has 0 aromatic heterocycles. The highest BCUT2D eigenvalue weighted by molar-refractivity contribution is 6.89. The molecule has 196 valence electrons. The molecule has 7 nitrogen and oxygen atoms in total. The summed E-state index contributed by atoms with van der Waals surface area (Å²) in [7, 11) is 4.68. The second kappa shape index (κ2) is 9.29. The Kier molecular flexibility index (Phi) is 6.79. The number of ether oxygens (including phenoxy) is 5. The molecule has 4 rings (SSSR count). The first kappa shape index (κ1) is 26.3. The van der Waals surface area contributed by atoms with Crippen molar-refractivity contribution in [3.05, 3.63) is 17.2 Å². The van der Waals surface area contributed by atoms with Gasteiger partial charge in [0.25, 0.3) is 0 Å². The van der Waals surface area contributed by atoms with E-state index in [-0.39, 0.29) is 23.6 Å². The van der Waals surface area contributed by atoms with Crippen LogP contribution in [0.3, 0.4) is 0 Å². The van der Waals surface area contributed by atoms with Crippen LogP contribution >= 0.6 is 0 Å². The SMILES string of the molecule is COc1cc([Si](C)(C)C)c(OC)c2c(OC)c3c(c(OC)c12)C(=O)[C@@H]1CC[C@](C)(OC(C)=O)C[C@H]1C3. The maximum atomic E-state index is 14.0. The number of rotatable bonds is 6. The highest BCUT2D eigenvalue weighted by Crippen LogP contribution is 2.54. The Bertz CT molecular complexity index is 1230. The van der Waals surface area contributed by atoms with E-state index in [9.17, 15) is 9.59 Å². The predicted octanol–water partition coefficient (Wildman–Crippen LogP) is 4.90. The fourth-order valence-corrected chi connectivity index (χ4v) is 7.84. The minimum Gasteiger partial charge on any atom is -0.496 e. The zero-order valence-corrected chi connectivity index (χ0v) is 23.9. The lowest BCUT2D eigenvalue weighted by atomic mass is 9.63. The number of benzene rings is 2. The normalized spacial score (nSPS) is 23.5. The van der Waals surface area contributed by atoms with Gasteiger partial charge < -0.3 is 23.7 Å². The second-order valence-corrected chi connectivity index (χ2v) is 16.3. The van der Waals surface area contributed by atoms with Gasteiger partial charge in [0.1, 0.15) is 28.6 Å². The summed E-state index contributed by atoms with van der Waals surface area (Å²) in [4.78, 5) is 25.8. The summed E-state index contributed by atoms with van der Waals surface area (Å²) in [5.41, 5.74) is 0.818. The summed E-state index contributed by atoms with van der Waals surface area (Å²) in [6.45, 7) is 10.2.